The smallest absolute Gasteiger partial charge is 0.315 e. The minimum absolute atomic E-state index is 0.0514. The van der Waals surface area contributed by atoms with Gasteiger partial charge in [0.15, 0.2) is 5.69 Å². The summed E-state index contributed by atoms with van der Waals surface area (Å²) in [7, 11) is 0. The van der Waals surface area contributed by atoms with Gasteiger partial charge in [-0.15, -0.1) is 0 Å². The van der Waals surface area contributed by atoms with Crippen molar-refractivity contribution in [3.63, 3.8) is 0 Å². The van der Waals surface area contributed by atoms with Gasteiger partial charge in [-0.3, -0.25) is 19.6 Å². The van der Waals surface area contributed by atoms with Gasteiger partial charge in [0.25, 0.3) is 0 Å². The zero-order valence-corrected chi connectivity index (χ0v) is 15.9. The Bertz CT molecular complexity index is 1000. The molecule has 1 saturated carbocycles. The Morgan fingerprint density at radius 1 is 1.17 bits per heavy atom. The van der Waals surface area contributed by atoms with Crippen LogP contribution in [0.25, 0.3) is 16.9 Å². The number of benzene rings is 1. The number of para-hydroxylation sites is 1. The van der Waals surface area contributed by atoms with Crippen molar-refractivity contribution in [3.8, 4) is 16.9 Å². The van der Waals surface area contributed by atoms with Crippen LogP contribution in [0.2, 0.25) is 0 Å². The summed E-state index contributed by atoms with van der Waals surface area (Å²) in [6, 6.07) is 9.64. The lowest BCUT2D eigenvalue weighted by molar-refractivity contribution is -0.384. The lowest BCUT2D eigenvalue weighted by Gasteiger charge is -2.22. The van der Waals surface area contributed by atoms with Gasteiger partial charge in [-0.2, -0.15) is 10.2 Å². The molecule has 0 saturated heterocycles. The Morgan fingerprint density at radius 3 is 2.66 bits per heavy atom. The van der Waals surface area contributed by atoms with Crippen LogP contribution < -0.4 is 5.32 Å². The predicted octanol–water partition coefficient (Wildman–Crippen LogP) is 3.09. The standard InChI is InChI=1S/C20H22N6O3/c27-19(22-16-7-3-1-4-8-16)14-24-13-18(26(28)29)20(23-24)15-11-21-25(12-15)17-9-5-2-6-10-17/h2,5-6,9-13,16H,1,3-4,7-8,14H2,(H,22,27). The summed E-state index contributed by atoms with van der Waals surface area (Å²) in [5.41, 5.74) is 1.41. The number of hydrogen-bond acceptors (Lipinski definition) is 5. The molecule has 2 heterocycles. The van der Waals surface area contributed by atoms with Crippen molar-refractivity contribution in [1.82, 2.24) is 24.9 Å². The molecule has 3 aromatic rings. The summed E-state index contributed by atoms with van der Waals surface area (Å²) in [5, 5.41) is 23.1. The van der Waals surface area contributed by atoms with Crippen LogP contribution in [-0.2, 0) is 11.3 Å². The maximum absolute atomic E-state index is 12.3. The van der Waals surface area contributed by atoms with Crippen LogP contribution in [0, 0.1) is 10.1 Å². The first-order chi connectivity index (χ1) is 14.1. The molecule has 1 aliphatic carbocycles. The summed E-state index contributed by atoms with van der Waals surface area (Å²) in [5.74, 6) is -0.180. The molecule has 1 fully saturated rings. The van der Waals surface area contributed by atoms with Crippen LogP contribution in [0.3, 0.4) is 0 Å². The lowest BCUT2D eigenvalue weighted by atomic mass is 9.95. The molecule has 0 spiro atoms. The van der Waals surface area contributed by atoms with E-state index in [9.17, 15) is 14.9 Å². The van der Waals surface area contributed by atoms with Crippen molar-refractivity contribution >= 4 is 11.6 Å². The number of nitro groups is 1. The van der Waals surface area contributed by atoms with Gasteiger partial charge in [-0.25, -0.2) is 4.68 Å². The van der Waals surface area contributed by atoms with Crippen LogP contribution >= 0.6 is 0 Å². The molecule has 0 aliphatic heterocycles. The third kappa shape index (κ3) is 4.34. The molecule has 0 unspecified atom stereocenters. The molecular weight excluding hydrogens is 372 g/mol. The largest absolute Gasteiger partial charge is 0.352 e. The van der Waals surface area contributed by atoms with E-state index in [0.717, 1.165) is 31.4 Å². The zero-order valence-electron chi connectivity index (χ0n) is 15.9. The van der Waals surface area contributed by atoms with Gasteiger partial charge in [-0.05, 0) is 25.0 Å². The summed E-state index contributed by atoms with van der Waals surface area (Å²) in [4.78, 5) is 23.4. The number of amides is 1. The quantitative estimate of drug-likeness (QED) is 0.510. The molecule has 9 heteroatoms. The highest BCUT2D eigenvalue weighted by Gasteiger charge is 2.24. The molecule has 2 aromatic heterocycles. The number of aromatic nitrogens is 4. The normalized spacial score (nSPS) is 14.6. The van der Waals surface area contributed by atoms with Gasteiger partial charge in [0, 0.05) is 17.8 Å². The summed E-state index contributed by atoms with van der Waals surface area (Å²) in [6.07, 6.45) is 9.94. The molecule has 0 radical (unpaired) electrons. The van der Waals surface area contributed by atoms with E-state index in [0.29, 0.717) is 5.56 Å². The topological polar surface area (TPSA) is 108 Å². The van der Waals surface area contributed by atoms with Crippen LogP contribution in [0.15, 0.2) is 48.9 Å². The fourth-order valence-corrected chi connectivity index (χ4v) is 3.67. The second-order valence-corrected chi connectivity index (χ2v) is 7.23. The number of rotatable bonds is 6. The third-order valence-electron chi connectivity index (χ3n) is 5.09. The van der Waals surface area contributed by atoms with Gasteiger partial charge in [0.05, 0.1) is 16.8 Å². The monoisotopic (exact) mass is 394 g/mol. The SMILES string of the molecule is O=C(Cn1cc([N+](=O)[O-])c(-c2cnn(-c3ccccc3)c2)n1)NC1CCCCC1. The van der Waals surface area contributed by atoms with Crippen molar-refractivity contribution in [2.75, 3.05) is 0 Å². The Morgan fingerprint density at radius 2 is 1.93 bits per heavy atom. The van der Waals surface area contributed by atoms with Crippen LogP contribution in [0.5, 0.6) is 0 Å². The molecule has 1 amide bonds. The molecular formula is C20H22N6O3. The molecule has 150 valence electrons. The molecule has 1 aromatic carbocycles. The van der Waals surface area contributed by atoms with Crippen molar-refractivity contribution in [3.05, 3.63) is 59.0 Å². The van der Waals surface area contributed by atoms with Gasteiger partial charge >= 0.3 is 5.69 Å². The number of carbonyl (C=O) groups is 1. The predicted molar refractivity (Wildman–Crippen MR) is 106 cm³/mol. The van der Waals surface area contributed by atoms with Crippen molar-refractivity contribution < 1.29 is 9.72 Å². The van der Waals surface area contributed by atoms with E-state index in [1.807, 2.05) is 30.3 Å². The van der Waals surface area contributed by atoms with E-state index >= 15 is 0 Å². The molecule has 1 N–H and O–H groups in total. The molecule has 0 atom stereocenters. The fourth-order valence-electron chi connectivity index (χ4n) is 3.67. The maximum atomic E-state index is 12.3. The second-order valence-electron chi connectivity index (χ2n) is 7.23. The fraction of sp³-hybridized carbons (Fsp3) is 0.350. The average molecular weight is 394 g/mol. The van der Waals surface area contributed by atoms with Crippen LogP contribution in [0.4, 0.5) is 5.69 Å². The first kappa shape index (κ1) is 18.9. The van der Waals surface area contributed by atoms with Crippen molar-refractivity contribution in [2.24, 2.45) is 0 Å². The lowest BCUT2D eigenvalue weighted by Crippen LogP contribution is -2.38. The minimum Gasteiger partial charge on any atom is -0.352 e. The number of hydrogen-bond donors (Lipinski definition) is 1. The molecule has 4 rings (SSSR count). The Labute approximate surface area is 167 Å². The van der Waals surface area contributed by atoms with Crippen molar-refractivity contribution in [1.29, 1.82) is 0 Å². The van der Waals surface area contributed by atoms with E-state index in [2.05, 4.69) is 15.5 Å². The summed E-state index contributed by atoms with van der Waals surface area (Å²) >= 11 is 0. The minimum atomic E-state index is -0.488. The van der Waals surface area contributed by atoms with Crippen LogP contribution in [-0.4, -0.2) is 36.4 Å². The summed E-state index contributed by atoms with van der Waals surface area (Å²) < 4.78 is 2.96. The first-order valence-electron chi connectivity index (χ1n) is 9.72. The van der Waals surface area contributed by atoms with E-state index in [1.165, 1.54) is 23.5 Å². The molecule has 9 nitrogen and oxygen atoms in total. The van der Waals surface area contributed by atoms with E-state index in [4.69, 9.17) is 0 Å². The Hall–Kier alpha value is -3.49. The van der Waals surface area contributed by atoms with Gasteiger partial charge in [0.2, 0.25) is 5.91 Å². The van der Waals surface area contributed by atoms with E-state index < -0.39 is 4.92 Å². The molecule has 1 aliphatic rings. The molecule has 0 bridgehead atoms. The van der Waals surface area contributed by atoms with Crippen molar-refractivity contribution in [2.45, 2.75) is 44.7 Å². The highest BCUT2D eigenvalue weighted by Crippen LogP contribution is 2.28. The van der Waals surface area contributed by atoms with Gasteiger partial charge < -0.3 is 5.32 Å². The maximum Gasteiger partial charge on any atom is 0.315 e. The first-order valence-corrected chi connectivity index (χ1v) is 9.72. The van der Waals surface area contributed by atoms with E-state index in [-0.39, 0.29) is 29.9 Å². The Kier molecular flexibility index (Phi) is 5.37. The zero-order chi connectivity index (χ0) is 20.2. The van der Waals surface area contributed by atoms with E-state index in [1.54, 1.807) is 10.9 Å². The van der Waals surface area contributed by atoms with Crippen LogP contribution in [0.1, 0.15) is 32.1 Å². The van der Waals surface area contributed by atoms with Gasteiger partial charge in [-0.1, -0.05) is 37.5 Å². The molecule has 29 heavy (non-hydrogen) atoms. The third-order valence-corrected chi connectivity index (χ3v) is 5.09. The highest BCUT2D eigenvalue weighted by molar-refractivity contribution is 5.76. The second kappa shape index (κ2) is 8.26. The summed E-state index contributed by atoms with van der Waals surface area (Å²) in [6.45, 7) is -0.0514. The average Bonchev–Trinajstić information content (AvgIpc) is 3.36. The number of carbonyl (C=O) groups excluding carboxylic acids is 1. The van der Waals surface area contributed by atoms with Gasteiger partial charge in [0.1, 0.15) is 12.7 Å². The Balaban J connectivity index is 1.53. The number of nitrogens with one attached hydrogen (secondary N) is 1. The number of nitrogens with zero attached hydrogens (tertiary/aromatic N) is 5. The highest BCUT2D eigenvalue weighted by atomic mass is 16.6.